The number of ether oxygens (including phenoxy) is 1. The molecular weight excluding hydrogens is 373 g/mol. The molecule has 1 fully saturated rings. The molecule has 150 valence electrons. The molecule has 4 rings (SSSR count). The van der Waals surface area contributed by atoms with Gasteiger partial charge in [0, 0.05) is 18.2 Å². The SMILES string of the molecule is O=C(Cn1ccc(C(F)(F)F)n1)N1CC[NH+](Cc2ccc3c(c2)CCO3)CC1. The summed E-state index contributed by atoms with van der Waals surface area (Å²) in [5.41, 5.74) is 1.53. The van der Waals surface area contributed by atoms with Crippen molar-refractivity contribution in [2.75, 3.05) is 32.8 Å². The summed E-state index contributed by atoms with van der Waals surface area (Å²) < 4.78 is 44.4. The van der Waals surface area contributed by atoms with Crippen molar-refractivity contribution in [1.29, 1.82) is 0 Å². The summed E-state index contributed by atoms with van der Waals surface area (Å²) in [5, 5.41) is 3.44. The van der Waals surface area contributed by atoms with Crippen LogP contribution in [0.2, 0.25) is 0 Å². The van der Waals surface area contributed by atoms with E-state index in [-0.39, 0.29) is 12.5 Å². The zero-order valence-corrected chi connectivity index (χ0v) is 15.3. The molecule has 1 amide bonds. The molecule has 0 unspecified atom stereocenters. The molecule has 2 aliphatic heterocycles. The van der Waals surface area contributed by atoms with Gasteiger partial charge >= 0.3 is 6.18 Å². The first kappa shape index (κ1) is 18.8. The van der Waals surface area contributed by atoms with Crippen molar-refractivity contribution in [3.63, 3.8) is 0 Å². The number of benzene rings is 1. The monoisotopic (exact) mass is 395 g/mol. The Morgan fingerprint density at radius 1 is 1.21 bits per heavy atom. The number of halogens is 3. The highest BCUT2D eigenvalue weighted by Crippen LogP contribution is 2.27. The van der Waals surface area contributed by atoms with E-state index in [1.54, 1.807) is 4.90 Å². The largest absolute Gasteiger partial charge is 0.493 e. The summed E-state index contributed by atoms with van der Waals surface area (Å²) in [7, 11) is 0. The number of alkyl halides is 3. The third-order valence-corrected chi connectivity index (χ3v) is 5.26. The highest BCUT2D eigenvalue weighted by Gasteiger charge is 2.34. The smallest absolute Gasteiger partial charge is 0.435 e. The number of hydrogen-bond acceptors (Lipinski definition) is 3. The van der Waals surface area contributed by atoms with E-state index >= 15 is 0 Å². The number of nitrogens with one attached hydrogen (secondary N) is 1. The van der Waals surface area contributed by atoms with Crippen LogP contribution in [0.15, 0.2) is 30.5 Å². The zero-order chi connectivity index (χ0) is 19.7. The molecule has 1 aromatic heterocycles. The molecule has 0 bridgehead atoms. The molecule has 1 saturated heterocycles. The number of amides is 1. The van der Waals surface area contributed by atoms with Crippen LogP contribution in [0.1, 0.15) is 16.8 Å². The zero-order valence-electron chi connectivity index (χ0n) is 15.3. The van der Waals surface area contributed by atoms with Gasteiger partial charge in [-0.3, -0.25) is 9.48 Å². The Labute approximate surface area is 160 Å². The van der Waals surface area contributed by atoms with Gasteiger partial charge in [0.15, 0.2) is 5.69 Å². The summed E-state index contributed by atoms with van der Waals surface area (Å²) in [6.07, 6.45) is -2.35. The Balaban J connectivity index is 1.28. The maximum absolute atomic E-state index is 12.6. The van der Waals surface area contributed by atoms with Gasteiger partial charge in [-0.05, 0) is 29.8 Å². The second-order valence-electron chi connectivity index (χ2n) is 7.24. The van der Waals surface area contributed by atoms with Gasteiger partial charge in [-0.15, -0.1) is 0 Å². The van der Waals surface area contributed by atoms with Crippen LogP contribution in [0.4, 0.5) is 13.2 Å². The quantitative estimate of drug-likeness (QED) is 0.832. The molecule has 9 heteroatoms. The lowest BCUT2D eigenvalue weighted by atomic mass is 10.1. The Bertz CT molecular complexity index is 857. The van der Waals surface area contributed by atoms with Crippen LogP contribution in [0.5, 0.6) is 5.75 Å². The number of hydrogen-bond donors (Lipinski definition) is 1. The van der Waals surface area contributed by atoms with Crippen molar-refractivity contribution in [2.45, 2.75) is 25.7 Å². The Morgan fingerprint density at radius 3 is 2.71 bits per heavy atom. The standard InChI is InChI=1S/C19H21F3N4O2/c20-19(21,22)17-3-5-26(23-17)13-18(27)25-8-6-24(7-9-25)12-14-1-2-16-15(11-14)4-10-28-16/h1-3,5,11H,4,6-10,12-13H2/p+1. The summed E-state index contributed by atoms with van der Waals surface area (Å²) >= 11 is 0. The average molecular weight is 395 g/mol. The number of rotatable bonds is 4. The fourth-order valence-corrected chi connectivity index (χ4v) is 3.73. The van der Waals surface area contributed by atoms with E-state index in [0.717, 1.165) is 49.2 Å². The predicted octanol–water partition coefficient (Wildman–Crippen LogP) is 0.764. The summed E-state index contributed by atoms with van der Waals surface area (Å²) in [6, 6.07) is 7.20. The number of aromatic nitrogens is 2. The normalized spacial score (nSPS) is 17.5. The first-order valence-electron chi connectivity index (χ1n) is 9.35. The first-order valence-corrected chi connectivity index (χ1v) is 9.35. The van der Waals surface area contributed by atoms with Crippen LogP contribution in [0, 0.1) is 0 Å². The molecule has 0 radical (unpaired) electrons. The Kier molecular flexibility index (Phi) is 5.01. The minimum atomic E-state index is -4.49. The van der Waals surface area contributed by atoms with Crippen LogP contribution < -0.4 is 9.64 Å². The van der Waals surface area contributed by atoms with Gasteiger partial charge in [0.05, 0.1) is 32.8 Å². The molecule has 1 aromatic carbocycles. The van der Waals surface area contributed by atoms with Crippen molar-refractivity contribution < 1.29 is 27.6 Å². The van der Waals surface area contributed by atoms with Gasteiger partial charge in [-0.2, -0.15) is 18.3 Å². The first-order chi connectivity index (χ1) is 13.4. The van der Waals surface area contributed by atoms with E-state index in [4.69, 9.17) is 4.74 Å². The maximum Gasteiger partial charge on any atom is 0.435 e. The predicted molar refractivity (Wildman–Crippen MR) is 93.9 cm³/mol. The van der Waals surface area contributed by atoms with E-state index in [9.17, 15) is 18.0 Å². The van der Waals surface area contributed by atoms with Crippen LogP contribution in [-0.4, -0.2) is 53.4 Å². The third kappa shape index (κ3) is 4.14. The lowest BCUT2D eigenvalue weighted by Gasteiger charge is -2.32. The molecule has 0 aliphatic carbocycles. The fraction of sp³-hybridized carbons (Fsp3) is 0.474. The summed E-state index contributed by atoms with van der Waals surface area (Å²) in [5.74, 6) is 0.770. The number of carbonyl (C=O) groups excluding carboxylic acids is 1. The van der Waals surface area contributed by atoms with E-state index in [1.807, 2.05) is 6.07 Å². The van der Waals surface area contributed by atoms with Gasteiger partial charge in [-0.25, -0.2) is 0 Å². The minimum Gasteiger partial charge on any atom is -0.493 e. The Hall–Kier alpha value is -2.55. The van der Waals surface area contributed by atoms with Gasteiger partial charge in [-0.1, -0.05) is 0 Å². The third-order valence-electron chi connectivity index (χ3n) is 5.26. The topological polar surface area (TPSA) is 51.8 Å². The molecule has 3 heterocycles. The molecular formula is C19H22F3N4O2+. The number of fused-ring (bicyclic) bond motifs is 1. The molecule has 28 heavy (non-hydrogen) atoms. The number of carbonyl (C=O) groups is 1. The van der Waals surface area contributed by atoms with Gasteiger partial charge in [0.1, 0.15) is 18.8 Å². The van der Waals surface area contributed by atoms with E-state index in [2.05, 4.69) is 17.2 Å². The lowest BCUT2D eigenvalue weighted by Crippen LogP contribution is -3.13. The molecule has 2 aliphatic rings. The van der Waals surface area contributed by atoms with Crippen LogP contribution in [-0.2, 0) is 30.5 Å². The van der Waals surface area contributed by atoms with Crippen molar-refractivity contribution in [3.8, 4) is 5.75 Å². The van der Waals surface area contributed by atoms with E-state index in [0.29, 0.717) is 13.1 Å². The molecule has 0 atom stereocenters. The van der Waals surface area contributed by atoms with E-state index in [1.165, 1.54) is 22.2 Å². The number of nitrogens with zero attached hydrogens (tertiary/aromatic N) is 3. The second kappa shape index (κ2) is 7.46. The minimum absolute atomic E-state index is 0.170. The van der Waals surface area contributed by atoms with Crippen molar-refractivity contribution in [3.05, 3.63) is 47.3 Å². The average Bonchev–Trinajstić information content (AvgIpc) is 3.31. The number of piperazine rings is 1. The van der Waals surface area contributed by atoms with Crippen molar-refractivity contribution in [1.82, 2.24) is 14.7 Å². The van der Waals surface area contributed by atoms with Crippen molar-refractivity contribution >= 4 is 5.91 Å². The summed E-state index contributed by atoms with van der Waals surface area (Å²) in [4.78, 5) is 15.5. The molecule has 1 N–H and O–H groups in total. The molecule has 0 saturated carbocycles. The van der Waals surface area contributed by atoms with Crippen molar-refractivity contribution in [2.24, 2.45) is 0 Å². The van der Waals surface area contributed by atoms with Crippen LogP contribution >= 0.6 is 0 Å². The maximum atomic E-state index is 12.6. The van der Waals surface area contributed by atoms with Crippen LogP contribution in [0.25, 0.3) is 0 Å². The van der Waals surface area contributed by atoms with Gasteiger partial charge in [0.2, 0.25) is 5.91 Å². The lowest BCUT2D eigenvalue weighted by molar-refractivity contribution is -0.917. The second-order valence-corrected chi connectivity index (χ2v) is 7.24. The highest BCUT2D eigenvalue weighted by molar-refractivity contribution is 5.75. The van der Waals surface area contributed by atoms with Crippen LogP contribution in [0.3, 0.4) is 0 Å². The molecule has 0 spiro atoms. The highest BCUT2D eigenvalue weighted by atomic mass is 19.4. The van der Waals surface area contributed by atoms with Gasteiger partial charge in [0.25, 0.3) is 0 Å². The molecule has 2 aromatic rings. The number of quaternary nitrogens is 1. The van der Waals surface area contributed by atoms with E-state index < -0.39 is 11.9 Å². The fourth-order valence-electron chi connectivity index (χ4n) is 3.73. The van der Waals surface area contributed by atoms with Gasteiger partial charge < -0.3 is 14.5 Å². The molecule has 6 nitrogen and oxygen atoms in total. The summed E-state index contributed by atoms with van der Waals surface area (Å²) in [6.45, 7) is 4.27. The Morgan fingerprint density at radius 2 is 2.00 bits per heavy atom.